The number of hydrogen-bond donors (Lipinski definition) is 9. The lowest BCUT2D eigenvalue weighted by molar-refractivity contribution is -0.140. The van der Waals surface area contributed by atoms with Crippen LogP contribution in [0.15, 0.2) is 72.9 Å². The SMILES string of the molecule is CN(Cc1cnc2nc(N)nc(N)c2n1)c1ccc(C(=O)N[C@@H](CC(C(=O)NCCOCCOCCOCCOCCOCCNC(=O)COc2ccc(-c3n[nH]c4c3C(=O)c3c(NC(=O)NN5CCOCC5)cccc3-4)cc2)C(C)(C)C)C(=O)O)cc1. The highest BCUT2D eigenvalue weighted by atomic mass is 16.6. The zero-order valence-corrected chi connectivity index (χ0v) is 49.6. The fourth-order valence-electron chi connectivity index (χ4n) is 9.51. The van der Waals surface area contributed by atoms with E-state index in [1.165, 1.54) is 0 Å². The summed E-state index contributed by atoms with van der Waals surface area (Å²) in [6, 6.07) is 17.0. The number of nitrogens with two attached hydrogens (primary N) is 2. The van der Waals surface area contributed by atoms with Gasteiger partial charge in [-0.15, -0.1) is 0 Å². The summed E-state index contributed by atoms with van der Waals surface area (Å²) in [4.78, 5) is 96.8. The highest BCUT2D eigenvalue weighted by Gasteiger charge is 2.37. The molecule has 3 aromatic heterocycles. The number of H-pyrrole nitrogens is 1. The second-order valence-corrected chi connectivity index (χ2v) is 21.5. The van der Waals surface area contributed by atoms with E-state index in [-0.39, 0.29) is 86.5 Å². The van der Waals surface area contributed by atoms with E-state index < -0.39 is 35.3 Å². The van der Waals surface area contributed by atoms with Crippen LogP contribution in [0.1, 0.15) is 59.2 Å². The fourth-order valence-corrected chi connectivity index (χ4v) is 9.51. The molecule has 3 aromatic carbocycles. The van der Waals surface area contributed by atoms with Gasteiger partial charge in [0.15, 0.2) is 29.4 Å². The molecule has 1 aliphatic heterocycles. The number of urea groups is 1. The van der Waals surface area contributed by atoms with Crippen molar-refractivity contribution in [3.8, 4) is 28.3 Å². The number of rotatable bonds is 33. The lowest BCUT2D eigenvalue weighted by atomic mass is 9.76. The number of nitrogens with one attached hydrogen (secondary N) is 6. The van der Waals surface area contributed by atoms with Crippen molar-refractivity contribution in [2.45, 2.75) is 39.8 Å². The van der Waals surface area contributed by atoms with Crippen molar-refractivity contribution in [2.75, 3.05) is 141 Å². The van der Waals surface area contributed by atoms with Crippen LogP contribution in [0, 0.1) is 11.3 Å². The van der Waals surface area contributed by atoms with Gasteiger partial charge >= 0.3 is 12.0 Å². The maximum absolute atomic E-state index is 13.8. The third kappa shape index (κ3) is 18.3. The number of carboxylic acid groups (broad SMARTS) is 1. The number of nitrogen functional groups attached to an aromatic ring is 2. The Labute approximate surface area is 507 Å². The number of nitrogens with zero attached hydrogens (tertiary/aromatic N) is 7. The molecule has 0 saturated carbocycles. The summed E-state index contributed by atoms with van der Waals surface area (Å²) >= 11 is 0. The first-order chi connectivity index (χ1) is 42.4. The number of carboxylic acids is 1. The van der Waals surface area contributed by atoms with Crippen molar-refractivity contribution < 1.29 is 67.0 Å². The summed E-state index contributed by atoms with van der Waals surface area (Å²) in [7, 11) is 1.83. The Balaban J connectivity index is 0.612. The van der Waals surface area contributed by atoms with E-state index in [0.717, 1.165) is 5.69 Å². The van der Waals surface area contributed by atoms with Crippen molar-refractivity contribution in [3.63, 3.8) is 0 Å². The molecule has 6 aromatic rings. The highest BCUT2D eigenvalue weighted by Crippen LogP contribution is 2.43. The smallest absolute Gasteiger partial charge is 0.333 e. The largest absolute Gasteiger partial charge is 0.484 e. The number of anilines is 4. The molecular formula is C59H75N15O14. The minimum Gasteiger partial charge on any atom is -0.484 e. The van der Waals surface area contributed by atoms with Gasteiger partial charge in [-0.05, 0) is 66.4 Å². The average Bonchev–Trinajstić information content (AvgIpc) is 1.88. The molecule has 1 fully saturated rings. The molecule has 4 heterocycles. The van der Waals surface area contributed by atoms with Crippen LogP contribution in [-0.4, -0.2) is 201 Å². The number of aromatic amines is 1. The summed E-state index contributed by atoms with van der Waals surface area (Å²) in [5.74, 6) is -3.02. The number of benzene rings is 3. The van der Waals surface area contributed by atoms with Crippen LogP contribution < -0.4 is 47.8 Å². The summed E-state index contributed by atoms with van der Waals surface area (Å²) in [5, 5.41) is 30.3. The number of carbonyl (C=O) groups is 6. The van der Waals surface area contributed by atoms with Crippen LogP contribution >= 0.6 is 0 Å². The van der Waals surface area contributed by atoms with E-state index in [0.29, 0.717) is 135 Å². The monoisotopic (exact) mass is 1220 g/mol. The molecule has 1 unspecified atom stereocenters. The molecule has 11 N–H and O–H groups in total. The van der Waals surface area contributed by atoms with Gasteiger partial charge < -0.3 is 75.9 Å². The lowest BCUT2D eigenvalue weighted by Crippen LogP contribution is -2.49. The Hall–Kier alpha value is -8.97. The van der Waals surface area contributed by atoms with Crippen molar-refractivity contribution in [1.82, 2.24) is 56.5 Å². The van der Waals surface area contributed by atoms with E-state index in [9.17, 15) is 33.9 Å². The van der Waals surface area contributed by atoms with Gasteiger partial charge in [-0.1, -0.05) is 32.9 Å². The van der Waals surface area contributed by atoms with E-state index in [4.69, 9.17) is 44.6 Å². The third-order valence-corrected chi connectivity index (χ3v) is 14.1. The number of aromatic nitrogens is 6. The number of amides is 5. The number of aliphatic carboxylic acids is 1. The summed E-state index contributed by atoms with van der Waals surface area (Å²) < 4.78 is 38.8. The number of ether oxygens (including phenoxy) is 7. The molecule has 0 radical (unpaired) electrons. The maximum Gasteiger partial charge on any atom is 0.333 e. The van der Waals surface area contributed by atoms with Gasteiger partial charge in [0.05, 0.1) is 120 Å². The molecule has 29 nitrogen and oxygen atoms in total. The van der Waals surface area contributed by atoms with Crippen LogP contribution in [-0.2, 0) is 49.3 Å². The zero-order valence-electron chi connectivity index (χ0n) is 49.6. The number of hydrazine groups is 1. The maximum atomic E-state index is 13.8. The Bertz CT molecular complexity index is 3360. The Kier molecular flexibility index (Phi) is 23.4. The number of hydrogen-bond acceptors (Lipinski definition) is 22. The van der Waals surface area contributed by atoms with Gasteiger partial charge in [-0.2, -0.15) is 15.1 Å². The van der Waals surface area contributed by atoms with Gasteiger partial charge in [0.2, 0.25) is 11.9 Å². The van der Waals surface area contributed by atoms with Crippen molar-refractivity contribution in [1.29, 1.82) is 0 Å². The first-order valence-corrected chi connectivity index (χ1v) is 28.7. The fraction of sp³-hybridized carbons (Fsp3) is 0.441. The minimum absolute atomic E-state index is 0.000118. The van der Waals surface area contributed by atoms with Gasteiger partial charge in [-0.25, -0.2) is 24.6 Å². The standard InChI is InChI=1S/C59H75N15O14/c1-59(2,3)42(32-44(56(79)80)66-54(77)37-8-12-39(13-9-37)73(4)34-38-33-64-53-50(65-38)52(60)68-57(61)69-53)55(78)63-17-21-83-25-27-86-29-31-87-30-28-85-26-24-82-20-16-62-45(75)35-88-40-14-10-36(11-15-40)48-47-49(71-70-48)41-6-5-7-43(46(41)51(47)76)67-58(81)72-74-18-22-84-23-19-74/h5-15,33,42,44H,16-32,34-35H2,1-4H3,(H,62,75)(H,63,78)(H,66,77)(H,70,71)(H,79,80)(H2,67,72,81)(H4,60,61,64,68,69)/t42?,44-/m0/s1. The normalized spacial score (nSPS) is 13.7. The quantitative estimate of drug-likeness (QED) is 0.0267. The van der Waals surface area contributed by atoms with Crippen LogP contribution in [0.3, 0.4) is 0 Å². The van der Waals surface area contributed by atoms with Crippen LogP contribution in [0.4, 0.5) is 27.9 Å². The summed E-state index contributed by atoms with van der Waals surface area (Å²) in [6.45, 7) is 11.3. The first kappa shape index (κ1) is 65.0. The van der Waals surface area contributed by atoms with E-state index >= 15 is 0 Å². The molecule has 0 bridgehead atoms. The first-order valence-electron chi connectivity index (χ1n) is 28.7. The molecule has 8 rings (SSSR count). The van der Waals surface area contributed by atoms with Crippen molar-refractivity contribution in [3.05, 3.63) is 95.3 Å². The second-order valence-electron chi connectivity index (χ2n) is 21.5. The summed E-state index contributed by atoms with van der Waals surface area (Å²) in [5.41, 5.74) is 19.5. The Morgan fingerprint density at radius 2 is 1.43 bits per heavy atom. The Morgan fingerprint density at radius 1 is 0.795 bits per heavy atom. The molecule has 2 atom stereocenters. The lowest BCUT2D eigenvalue weighted by Gasteiger charge is -2.31. The van der Waals surface area contributed by atoms with Gasteiger partial charge in [0, 0.05) is 61.5 Å². The minimum atomic E-state index is -1.34. The molecule has 88 heavy (non-hydrogen) atoms. The van der Waals surface area contributed by atoms with E-state index in [2.05, 4.69) is 56.8 Å². The molecule has 0 spiro atoms. The molecular weight excluding hydrogens is 1140 g/mol. The van der Waals surface area contributed by atoms with Crippen molar-refractivity contribution >= 4 is 69.8 Å². The van der Waals surface area contributed by atoms with E-state index in [1.807, 2.05) is 32.7 Å². The molecule has 2 aliphatic rings. The number of morpholine rings is 1. The predicted octanol–water partition coefficient (Wildman–Crippen LogP) is 2.82. The highest BCUT2D eigenvalue weighted by molar-refractivity contribution is 6.27. The molecule has 5 amide bonds. The average molecular weight is 1220 g/mol. The van der Waals surface area contributed by atoms with Crippen LogP contribution in [0.2, 0.25) is 0 Å². The van der Waals surface area contributed by atoms with Gasteiger partial charge in [0.25, 0.3) is 11.8 Å². The Morgan fingerprint density at radius 3 is 2.07 bits per heavy atom. The molecule has 470 valence electrons. The summed E-state index contributed by atoms with van der Waals surface area (Å²) in [6.07, 6.45) is 1.42. The van der Waals surface area contributed by atoms with Crippen LogP contribution in [0.25, 0.3) is 33.7 Å². The number of fused-ring (bicyclic) bond motifs is 4. The van der Waals surface area contributed by atoms with Crippen LogP contribution in [0.5, 0.6) is 5.75 Å². The predicted molar refractivity (Wildman–Crippen MR) is 322 cm³/mol. The second kappa shape index (κ2) is 31.6. The number of carbonyl (C=O) groups excluding carboxylic acids is 5. The number of ketones is 1. The zero-order chi connectivity index (χ0) is 62.6. The van der Waals surface area contributed by atoms with E-state index in [1.54, 1.807) is 77.9 Å². The van der Waals surface area contributed by atoms with Gasteiger partial charge in [0.1, 0.15) is 17.5 Å². The molecule has 1 saturated heterocycles. The topological polar surface area (TPSA) is 386 Å². The molecule has 1 aliphatic carbocycles. The van der Waals surface area contributed by atoms with Gasteiger partial charge in [-0.3, -0.25) is 29.7 Å². The van der Waals surface area contributed by atoms with Crippen molar-refractivity contribution in [2.24, 2.45) is 11.3 Å². The third-order valence-electron chi connectivity index (χ3n) is 14.1. The molecule has 29 heteroatoms.